The maximum atomic E-state index is 12.3. The number of rotatable bonds is 7. The highest BCUT2D eigenvalue weighted by atomic mass is 32.2. The van der Waals surface area contributed by atoms with Crippen LogP contribution in [-0.4, -0.2) is 38.2 Å². The third-order valence-electron chi connectivity index (χ3n) is 3.36. The zero-order valence-corrected chi connectivity index (χ0v) is 16.0. The molecule has 0 saturated carbocycles. The van der Waals surface area contributed by atoms with Gasteiger partial charge in [0.25, 0.3) is 0 Å². The summed E-state index contributed by atoms with van der Waals surface area (Å²) in [7, 11) is -3.75. The lowest BCUT2D eigenvalue weighted by Gasteiger charge is -2.25. The fourth-order valence-electron chi connectivity index (χ4n) is 2.32. The summed E-state index contributed by atoms with van der Waals surface area (Å²) in [5.41, 5.74) is 0.674. The highest BCUT2D eigenvalue weighted by Crippen LogP contribution is 2.09. The number of carbonyl (C=O) groups excluding carboxylic acids is 2. The molecule has 0 aliphatic heterocycles. The van der Waals surface area contributed by atoms with Gasteiger partial charge in [-0.3, -0.25) is 9.59 Å². The topological polar surface area (TPSA) is 110 Å². The molecule has 0 radical (unpaired) electrons. The lowest BCUT2D eigenvalue weighted by Crippen LogP contribution is -2.45. The Balaban J connectivity index is 2.69. The van der Waals surface area contributed by atoms with Crippen LogP contribution in [-0.2, 0) is 26.2 Å². The molecule has 1 aromatic carbocycles. The summed E-state index contributed by atoms with van der Waals surface area (Å²) in [4.78, 5) is 26.0. The summed E-state index contributed by atoms with van der Waals surface area (Å²) < 4.78 is 22.4. The normalized spacial score (nSPS) is 11.6. The number of primary sulfonamides is 1. The average Bonchev–Trinajstić information content (AvgIpc) is 2.49. The predicted molar refractivity (Wildman–Crippen MR) is 95.9 cm³/mol. The van der Waals surface area contributed by atoms with Crippen molar-refractivity contribution in [3.05, 3.63) is 29.8 Å². The number of nitrogens with zero attached hydrogens (tertiary/aromatic N) is 1. The number of hydrogen-bond acceptors (Lipinski definition) is 4. The van der Waals surface area contributed by atoms with Crippen LogP contribution in [0.15, 0.2) is 29.2 Å². The lowest BCUT2D eigenvalue weighted by atomic mass is 10.1. The Morgan fingerprint density at radius 3 is 1.92 bits per heavy atom. The maximum Gasteiger partial charge on any atom is 0.311 e. The third-order valence-corrected chi connectivity index (χ3v) is 4.29. The van der Waals surface area contributed by atoms with Gasteiger partial charge in [0.15, 0.2) is 0 Å². The summed E-state index contributed by atoms with van der Waals surface area (Å²) >= 11 is 0. The molecule has 1 aromatic rings. The van der Waals surface area contributed by atoms with E-state index in [1.165, 1.54) is 12.1 Å². The fraction of sp³-hybridized carbons (Fsp3) is 0.529. The fourth-order valence-corrected chi connectivity index (χ4v) is 2.84. The van der Waals surface area contributed by atoms with Crippen molar-refractivity contribution in [2.75, 3.05) is 13.1 Å². The van der Waals surface area contributed by atoms with E-state index in [-0.39, 0.29) is 23.3 Å². The molecule has 1 rings (SSSR count). The second-order valence-electron chi connectivity index (χ2n) is 6.87. The van der Waals surface area contributed by atoms with Crippen LogP contribution in [0, 0.1) is 11.8 Å². The monoisotopic (exact) mass is 369 g/mol. The molecule has 0 saturated heterocycles. The maximum absolute atomic E-state index is 12.3. The Labute approximate surface area is 149 Å². The van der Waals surface area contributed by atoms with E-state index in [4.69, 9.17) is 5.14 Å². The summed E-state index contributed by atoms with van der Waals surface area (Å²) in [6, 6.07) is 5.82. The van der Waals surface area contributed by atoms with E-state index < -0.39 is 21.8 Å². The lowest BCUT2D eigenvalue weighted by molar-refractivity contribution is -0.146. The number of nitrogens with one attached hydrogen (secondary N) is 1. The van der Waals surface area contributed by atoms with Gasteiger partial charge < -0.3 is 10.2 Å². The molecule has 25 heavy (non-hydrogen) atoms. The molecule has 0 fully saturated rings. The van der Waals surface area contributed by atoms with Crippen LogP contribution < -0.4 is 10.5 Å². The summed E-state index contributed by atoms with van der Waals surface area (Å²) in [6.07, 6.45) is 0. The Bertz CT molecular complexity index is 687. The molecule has 0 aromatic heterocycles. The molecular weight excluding hydrogens is 342 g/mol. The van der Waals surface area contributed by atoms with Crippen molar-refractivity contribution in [1.29, 1.82) is 0 Å². The van der Waals surface area contributed by atoms with Crippen molar-refractivity contribution in [3.63, 3.8) is 0 Å². The first-order valence-electron chi connectivity index (χ1n) is 8.19. The van der Waals surface area contributed by atoms with E-state index in [1.807, 2.05) is 27.7 Å². The van der Waals surface area contributed by atoms with Crippen molar-refractivity contribution in [2.45, 2.75) is 39.1 Å². The van der Waals surface area contributed by atoms with Gasteiger partial charge in [-0.25, -0.2) is 13.6 Å². The molecule has 0 aliphatic carbocycles. The number of amides is 2. The molecule has 2 amide bonds. The number of sulfonamides is 1. The summed E-state index contributed by atoms with van der Waals surface area (Å²) in [5.74, 6) is -0.692. The molecular formula is C17H27N3O4S. The minimum atomic E-state index is -3.75. The van der Waals surface area contributed by atoms with E-state index in [0.717, 1.165) is 0 Å². The van der Waals surface area contributed by atoms with Gasteiger partial charge >= 0.3 is 11.8 Å². The Kier molecular flexibility index (Phi) is 7.57. The minimum absolute atomic E-state index is 0.00121. The average molecular weight is 369 g/mol. The molecule has 0 atom stereocenters. The molecule has 0 spiro atoms. The quantitative estimate of drug-likeness (QED) is 0.701. The highest BCUT2D eigenvalue weighted by Gasteiger charge is 2.23. The highest BCUT2D eigenvalue weighted by molar-refractivity contribution is 7.89. The van der Waals surface area contributed by atoms with E-state index in [0.29, 0.717) is 18.7 Å². The van der Waals surface area contributed by atoms with Crippen LogP contribution in [0.3, 0.4) is 0 Å². The van der Waals surface area contributed by atoms with Crippen LogP contribution in [0.25, 0.3) is 0 Å². The van der Waals surface area contributed by atoms with Crippen molar-refractivity contribution >= 4 is 21.8 Å². The zero-order valence-electron chi connectivity index (χ0n) is 15.2. The molecule has 0 bridgehead atoms. The number of benzene rings is 1. The second-order valence-corrected chi connectivity index (χ2v) is 8.43. The predicted octanol–water partition coefficient (Wildman–Crippen LogP) is 1.09. The van der Waals surface area contributed by atoms with Gasteiger partial charge in [-0.05, 0) is 29.5 Å². The third kappa shape index (κ3) is 7.23. The first-order chi connectivity index (χ1) is 11.5. The largest absolute Gasteiger partial charge is 0.344 e. The van der Waals surface area contributed by atoms with Crippen LogP contribution >= 0.6 is 0 Å². The Hall–Kier alpha value is -1.93. The molecule has 0 aliphatic rings. The standard InChI is InChI=1S/C17H27N3O4S/c1-12(2)10-20(11-13(3)4)17(22)16(21)19-9-14-5-7-15(8-6-14)25(18,23)24/h5-8,12-13H,9-11H2,1-4H3,(H,19,21)(H2,18,23,24). The van der Waals surface area contributed by atoms with Gasteiger partial charge in [-0.1, -0.05) is 39.8 Å². The van der Waals surface area contributed by atoms with Crippen molar-refractivity contribution in [2.24, 2.45) is 17.0 Å². The van der Waals surface area contributed by atoms with Crippen LogP contribution in [0.5, 0.6) is 0 Å². The molecule has 140 valence electrons. The minimum Gasteiger partial charge on any atom is -0.344 e. The molecule has 7 nitrogen and oxygen atoms in total. The molecule has 8 heteroatoms. The number of hydrogen-bond donors (Lipinski definition) is 2. The van der Waals surface area contributed by atoms with Gasteiger partial charge in [0.05, 0.1) is 4.90 Å². The SMILES string of the molecule is CC(C)CN(CC(C)C)C(=O)C(=O)NCc1ccc(S(N)(=O)=O)cc1. The summed E-state index contributed by atoms with van der Waals surface area (Å²) in [6.45, 7) is 9.14. The van der Waals surface area contributed by atoms with Gasteiger partial charge in [-0.15, -0.1) is 0 Å². The van der Waals surface area contributed by atoms with E-state index >= 15 is 0 Å². The first kappa shape index (κ1) is 21.1. The van der Waals surface area contributed by atoms with Gasteiger partial charge in [-0.2, -0.15) is 0 Å². The zero-order chi connectivity index (χ0) is 19.2. The van der Waals surface area contributed by atoms with Crippen LogP contribution in [0.4, 0.5) is 0 Å². The van der Waals surface area contributed by atoms with E-state index in [1.54, 1.807) is 17.0 Å². The van der Waals surface area contributed by atoms with E-state index in [9.17, 15) is 18.0 Å². The van der Waals surface area contributed by atoms with Crippen molar-refractivity contribution in [1.82, 2.24) is 10.2 Å². The number of nitrogens with two attached hydrogens (primary N) is 1. The summed E-state index contributed by atoms with van der Waals surface area (Å²) in [5, 5.41) is 7.61. The smallest absolute Gasteiger partial charge is 0.311 e. The van der Waals surface area contributed by atoms with Crippen LogP contribution in [0.1, 0.15) is 33.3 Å². The molecule has 0 heterocycles. The van der Waals surface area contributed by atoms with Gasteiger partial charge in [0.2, 0.25) is 10.0 Å². The van der Waals surface area contributed by atoms with Gasteiger partial charge in [0, 0.05) is 19.6 Å². The van der Waals surface area contributed by atoms with Crippen LogP contribution in [0.2, 0.25) is 0 Å². The Morgan fingerprint density at radius 2 is 1.52 bits per heavy atom. The Morgan fingerprint density at radius 1 is 1.04 bits per heavy atom. The van der Waals surface area contributed by atoms with Crippen molar-refractivity contribution in [3.8, 4) is 0 Å². The van der Waals surface area contributed by atoms with Gasteiger partial charge in [0.1, 0.15) is 0 Å². The number of carbonyl (C=O) groups is 2. The second kappa shape index (κ2) is 8.96. The first-order valence-corrected chi connectivity index (χ1v) is 9.74. The molecule has 3 N–H and O–H groups in total. The van der Waals surface area contributed by atoms with E-state index in [2.05, 4.69) is 5.32 Å². The van der Waals surface area contributed by atoms with Crippen molar-refractivity contribution < 1.29 is 18.0 Å². The molecule has 0 unspecified atom stereocenters.